The van der Waals surface area contributed by atoms with Crippen molar-refractivity contribution in [1.29, 1.82) is 0 Å². The number of thiazole rings is 1. The molecular weight excluding hydrogens is 311 g/mol. The first-order valence-electron chi connectivity index (χ1n) is 6.93. The molecule has 1 aliphatic heterocycles. The molecule has 0 radical (unpaired) electrons. The van der Waals surface area contributed by atoms with E-state index in [0.29, 0.717) is 25.2 Å². The maximum Gasteiger partial charge on any atom is 0.416 e. The fourth-order valence-corrected chi connectivity index (χ4v) is 3.64. The van der Waals surface area contributed by atoms with Crippen molar-refractivity contribution in [2.45, 2.75) is 32.2 Å². The van der Waals surface area contributed by atoms with Gasteiger partial charge >= 0.3 is 6.18 Å². The zero-order valence-electron chi connectivity index (χ0n) is 12.0. The molecule has 0 bridgehead atoms. The second-order valence-corrected chi connectivity index (χ2v) is 6.39. The molecule has 1 aromatic carbocycles. The van der Waals surface area contributed by atoms with Crippen LogP contribution in [0.4, 0.5) is 13.2 Å². The molecule has 3 nitrogen and oxygen atoms in total. The summed E-state index contributed by atoms with van der Waals surface area (Å²) in [5.41, 5.74) is 7.76. The third kappa shape index (κ3) is 2.88. The van der Waals surface area contributed by atoms with Crippen LogP contribution in [-0.2, 0) is 19.3 Å². The summed E-state index contributed by atoms with van der Waals surface area (Å²) in [4.78, 5) is 6.50. The Bertz CT molecular complexity index is 681. The number of halogens is 3. The number of benzene rings is 1. The standard InChI is InChI=1S/C15H16F3N3S/c1-9-8-22-14(20-9)7-21-6-10-2-3-11(15(16,17)18)4-12(10)13(21)5-19/h2-4,8,13H,5-7,19H2,1H3. The van der Waals surface area contributed by atoms with Crippen LogP contribution < -0.4 is 5.73 Å². The minimum Gasteiger partial charge on any atom is -0.329 e. The van der Waals surface area contributed by atoms with Crippen LogP contribution in [0.2, 0.25) is 0 Å². The fourth-order valence-electron chi connectivity index (χ4n) is 2.84. The smallest absolute Gasteiger partial charge is 0.329 e. The van der Waals surface area contributed by atoms with E-state index < -0.39 is 11.7 Å². The first-order chi connectivity index (χ1) is 10.4. The van der Waals surface area contributed by atoms with Gasteiger partial charge in [-0.25, -0.2) is 4.98 Å². The molecular formula is C15H16F3N3S. The van der Waals surface area contributed by atoms with Crippen molar-refractivity contribution in [3.63, 3.8) is 0 Å². The lowest BCUT2D eigenvalue weighted by Crippen LogP contribution is -2.27. The average Bonchev–Trinajstić information content (AvgIpc) is 3.00. The lowest BCUT2D eigenvalue weighted by atomic mass is 10.0. The van der Waals surface area contributed by atoms with Crippen LogP contribution in [0.3, 0.4) is 0 Å². The lowest BCUT2D eigenvalue weighted by molar-refractivity contribution is -0.137. The molecule has 0 saturated carbocycles. The summed E-state index contributed by atoms with van der Waals surface area (Å²) in [7, 11) is 0. The highest BCUT2D eigenvalue weighted by atomic mass is 32.1. The molecule has 0 saturated heterocycles. The SMILES string of the molecule is Cc1csc(CN2Cc3ccc(C(F)(F)F)cc3C2CN)n1. The van der Waals surface area contributed by atoms with Crippen LogP contribution in [0.25, 0.3) is 0 Å². The Balaban J connectivity index is 1.87. The summed E-state index contributed by atoms with van der Waals surface area (Å²) in [5.74, 6) is 0. The number of hydrogen-bond donors (Lipinski definition) is 1. The number of hydrogen-bond acceptors (Lipinski definition) is 4. The zero-order valence-corrected chi connectivity index (χ0v) is 12.8. The molecule has 0 aliphatic carbocycles. The van der Waals surface area contributed by atoms with Crippen LogP contribution in [0, 0.1) is 6.92 Å². The highest BCUT2D eigenvalue weighted by molar-refractivity contribution is 7.09. The largest absolute Gasteiger partial charge is 0.416 e. The minimum absolute atomic E-state index is 0.193. The van der Waals surface area contributed by atoms with E-state index in [4.69, 9.17) is 5.73 Å². The van der Waals surface area contributed by atoms with E-state index >= 15 is 0 Å². The highest BCUT2D eigenvalue weighted by Gasteiger charge is 2.35. The van der Waals surface area contributed by atoms with Gasteiger partial charge in [-0.1, -0.05) is 6.07 Å². The van der Waals surface area contributed by atoms with Crippen LogP contribution in [0.5, 0.6) is 0 Å². The van der Waals surface area contributed by atoms with Crippen LogP contribution in [0.15, 0.2) is 23.6 Å². The molecule has 1 atom stereocenters. The van der Waals surface area contributed by atoms with Crippen LogP contribution >= 0.6 is 11.3 Å². The van der Waals surface area contributed by atoms with Crippen molar-refractivity contribution in [2.75, 3.05) is 6.54 Å². The molecule has 0 spiro atoms. The van der Waals surface area contributed by atoms with Gasteiger partial charge in [0, 0.05) is 30.2 Å². The highest BCUT2D eigenvalue weighted by Crippen LogP contribution is 2.38. The van der Waals surface area contributed by atoms with Crippen molar-refractivity contribution in [1.82, 2.24) is 9.88 Å². The Morgan fingerprint density at radius 1 is 1.41 bits per heavy atom. The molecule has 0 fully saturated rings. The predicted octanol–water partition coefficient (Wildman–Crippen LogP) is 3.49. The first kappa shape index (κ1) is 15.5. The molecule has 1 aliphatic rings. The van der Waals surface area contributed by atoms with E-state index in [1.165, 1.54) is 6.07 Å². The second kappa shape index (κ2) is 5.64. The van der Waals surface area contributed by atoms with Crippen molar-refractivity contribution in [2.24, 2.45) is 5.73 Å². The Morgan fingerprint density at radius 3 is 2.77 bits per heavy atom. The predicted molar refractivity (Wildman–Crippen MR) is 79.3 cm³/mol. The van der Waals surface area contributed by atoms with Crippen molar-refractivity contribution >= 4 is 11.3 Å². The molecule has 3 rings (SSSR count). The molecule has 0 amide bonds. The monoisotopic (exact) mass is 327 g/mol. The summed E-state index contributed by atoms with van der Waals surface area (Å²) < 4.78 is 38.6. The van der Waals surface area contributed by atoms with Crippen molar-refractivity contribution < 1.29 is 13.2 Å². The summed E-state index contributed by atoms with van der Waals surface area (Å²) in [6.07, 6.45) is -4.33. The van der Waals surface area contributed by atoms with Gasteiger partial charge in [-0.05, 0) is 30.2 Å². The second-order valence-electron chi connectivity index (χ2n) is 5.45. The van der Waals surface area contributed by atoms with Gasteiger partial charge in [-0.3, -0.25) is 4.90 Å². The number of aryl methyl sites for hydroxylation is 1. The van der Waals surface area contributed by atoms with Gasteiger partial charge in [0.2, 0.25) is 0 Å². The Labute approximate surface area is 130 Å². The molecule has 7 heteroatoms. The normalized spacial score (nSPS) is 18.7. The van der Waals surface area contributed by atoms with Gasteiger partial charge in [0.25, 0.3) is 0 Å². The number of rotatable bonds is 3. The first-order valence-corrected chi connectivity index (χ1v) is 7.81. The maximum absolute atomic E-state index is 12.9. The molecule has 2 N–H and O–H groups in total. The molecule has 2 heterocycles. The summed E-state index contributed by atoms with van der Waals surface area (Å²) >= 11 is 1.56. The van der Waals surface area contributed by atoms with Gasteiger partial charge in [0.15, 0.2) is 0 Å². The average molecular weight is 327 g/mol. The van der Waals surface area contributed by atoms with Gasteiger partial charge in [0.05, 0.1) is 12.1 Å². The number of nitrogens with two attached hydrogens (primary N) is 1. The van der Waals surface area contributed by atoms with E-state index in [0.717, 1.165) is 22.3 Å². The number of nitrogens with zero attached hydrogens (tertiary/aromatic N) is 2. The van der Waals surface area contributed by atoms with Crippen LogP contribution in [0.1, 0.15) is 33.4 Å². The molecule has 118 valence electrons. The van der Waals surface area contributed by atoms with E-state index in [9.17, 15) is 13.2 Å². The van der Waals surface area contributed by atoms with Gasteiger partial charge in [0.1, 0.15) is 5.01 Å². The van der Waals surface area contributed by atoms with E-state index in [-0.39, 0.29) is 6.04 Å². The third-order valence-electron chi connectivity index (χ3n) is 3.87. The summed E-state index contributed by atoms with van der Waals surface area (Å²) in [5, 5.41) is 2.93. The van der Waals surface area contributed by atoms with Gasteiger partial charge < -0.3 is 5.73 Å². The number of aromatic nitrogens is 1. The van der Waals surface area contributed by atoms with Crippen molar-refractivity contribution in [3.05, 3.63) is 51.0 Å². The Morgan fingerprint density at radius 2 is 2.18 bits per heavy atom. The van der Waals surface area contributed by atoms with Gasteiger partial charge in [-0.2, -0.15) is 13.2 Å². The quantitative estimate of drug-likeness (QED) is 0.938. The van der Waals surface area contributed by atoms with E-state index in [2.05, 4.69) is 9.88 Å². The summed E-state index contributed by atoms with van der Waals surface area (Å²) in [6, 6.07) is 3.75. The molecule has 2 aromatic rings. The van der Waals surface area contributed by atoms with Crippen LogP contribution in [-0.4, -0.2) is 16.4 Å². The minimum atomic E-state index is -4.33. The Hall–Kier alpha value is -1.44. The zero-order chi connectivity index (χ0) is 15.9. The number of fused-ring (bicyclic) bond motifs is 1. The molecule has 1 aromatic heterocycles. The van der Waals surface area contributed by atoms with E-state index in [1.54, 1.807) is 17.4 Å². The van der Waals surface area contributed by atoms with Crippen molar-refractivity contribution in [3.8, 4) is 0 Å². The van der Waals surface area contributed by atoms with Gasteiger partial charge in [-0.15, -0.1) is 11.3 Å². The maximum atomic E-state index is 12.9. The fraction of sp³-hybridized carbons (Fsp3) is 0.400. The third-order valence-corrected chi connectivity index (χ3v) is 4.83. The molecule has 1 unspecified atom stereocenters. The Kier molecular flexibility index (Phi) is 3.96. The number of alkyl halides is 3. The van der Waals surface area contributed by atoms with E-state index in [1.807, 2.05) is 12.3 Å². The topological polar surface area (TPSA) is 42.1 Å². The lowest BCUT2D eigenvalue weighted by Gasteiger charge is -2.22. The summed E-state index contributed by atoms with van der Waals surface area (Å²) in [6.45, 7) is 3.43. The molecule has 22 heavy (non-hydrogen) atoms.